The van der Waals surface area contributed by atoms with Gasteiger partial charge in [0, 0.05) is 12.1 Å². The van der Waals surface area contributed by atoms with Crippen molar-refractivity contribution in [3.8, 4) is 0 Å². The van der Waals surface area contributed by atoms with Crippen LogP contribution in [0.5, 0.6) is 0 Å². The molecule has 1 heteroatoms. The zero-order valence-electron chi connectivity index (χ0n) is 13.2. The third-order valence-corrected chi connectivity index (χ3v) is 5.39. The molecule has 5 atom stereocenters. The Morgan fingerprint density at radius 2 is 1.90 bits per heavy atom. The van der Waals surface area contributed by atoms with Gasteiger partial charge < -0.3 is 5.32 Å². The molecule has 2 aliphatic rings. The first kappa shape index (κ1) is 13.9. The van der Waals surface area contributed by atoms with Crippen molar-refractivity contribution in [1.29, 1.82) is 0 Å². The van der Waals surface area contributed by atoms with Gasteiger partial charge in [-0.3, -0.25) is 0 Å². The van der Waals surface area contributed by atoms with Gasteiger partial charge in [-0.2, -0.15) is 0 Å². The van der Waals surface area contributed by atoms with Crippen molar-refractivity contribution in [1.82, 2.24) is 5.32 Å². The van der Waals surface area contributed by atoms with E-state index in [2.05, 4.69) is 63.4 Å². The van der Waals surface area contributed by atoms with Crippen molar-refractivity contribution < 1.29 is 0 Å². The molecular weight excluding hydrogens is 242 g/mol. The lowest BCUT2D eigenvalue weighted by Crippen LogP contribution is -2.37. The van der Waals surface area contributed by atoms with Crippen molar-refractivity contribution in [3.63, 3.8) is 0 Å². The molecule has 1 aromatic carbocycles. The molecule has 1 nitrogen and oxygen atoms in total. The molecule has 0 saturated heterocycles. The van der Waals surface area contributed by atoms with Crippen LogP contribution in [0, 0.1) is 31.6 Å². The highest BCUT2D eigenvalue weighted by Gasteiger charge is 2.38. The topological polar surface area (TPSA) is 12.0 Å². The summed E-state index contributed by atoms with van der Waals surface area (Å²) in [7, 11) is 0. The summed E-state index contributed by atoms with van der Waals surface area (Å²) in [5, 5.41) is 3.86. The SMILES string of the molecule is Cc1ccc(C)c(C(C)NC(C)C2CC3C=CC2C3)c1. The van der Waals surface area contributed by atoms with Crippen molar-refractivity contribution in [2.24, 2.45) is 17.8 Å². The fraction of sp³-hybridized carbons (Fsp3) is 0.579. The smallest absolute Gasteiger partial charge is 0.0297 e. The molecule has 1 N–H and O–H groups in total. The first-order valence-electron chi connectivity index (χ1n) is 8.06. The Morgan fingerprint density at radius 3 is 2.55 bits per heavy atom. The highest BCUT2D eigenvalue weighted by atomic mass is 14.9. The Hall–Kier alpha value is -1.08. The van der Waals surface area contributed by atoms with Crippen LogP contribution >= 0.6 is 0 Å². The van der Waals surface area contributed by atoms with Crippen LogP contribution in [-0.4, -0.2) is 6.04 Å². The largest absolute Gasteiger partial charge is 0.307 e. The summed E-state index contributed by atoms with van der Waals surface area (Å²) in [5.41, 5.74) is 4.21. The molecule has 2 bridgehead atoms. The normalized spacial score (nSPS) is 30.7. The number of aryl methyl sites for hydroxylation is 2. The molecule has 1 fully saturated rings. The molecule has 0 aliphatic heterocycles. The van der Waals surface area contributed by atoms with E-state index in [1.165, 1.54) is 29.5 Å². The van der Waals surface area contributed by atoms with Crippen LogP contribution in [0.1, 0.15) is 49.4 Å². The zero-order valence-corrected chi connectivity index (χ0v) is 13.2. The summed E-state index contributed by atoms with van der Waals surface area (Å²) in [4.78, 5) is 0. The van der Waals surface area contributed by atoms with Gasteiger partial charge in [-0.15, -0.1) is 0 Å². The van der Waals surface area contributed by atoms with Gasteiger partial charge in [0.05, 0.1) is 0 Å². The van der Waals surface area contributed by atoms with Gasteiger partial charge in [0.25, 0.3) is 0 Å². The van der Waals surface area contributed by atoms with Crippen molar-refractivity contribution in [2.75, 3.05) is 0 Å². The second-order valence-electron chi connectivity index (χ2n) is 6.98. The minimum atomic E-state index is 0.438. The van der Waals surface area contributed by atoms with Gasteiger partial charge in [0.2, 0.25) is 0 Å². The predicted molar refractivity (Wildman–Crippen MR) is 85.8 cm³/mol. The van der Waals surface area contributed by atoms with Crippen molar-refractivity contribution in [3.05, 3.63) is 47.0 Å². The average molecular weight is 269 g/mol. The van der Waals surface area contributed by atoms with Crippen LogP contribution in [0.15, 0.2) is 30.4 Å². The van der Waals surface area contributed by atoms with E-state index < -0.39 is 0 Å². The number of hydrogen-bond donors (Lipinski definition) is 1. The predicted octanol–water partition coefficient (Wildman–Crippen LogP) is 4.55. The molecule has 2 aliphatic carbocycles. The highest BCUT2D eigenvalue weighted by Crippen LogP contribution is 2.45. The van der Waals surface area contributed by atoms with E-state index in [1.807, 2.05) is 0 Å². The Kier molecular flexibility index (Phi) is 3.72. The van der Waals surface area contributed by atoms with E-state index in [4.69, 9.17) is 0 Å². The van der Waals surface area contributed by atoms with Gasteiger partial charge in [-0.25, -0.2) is 0 Å². The number of rotatable bonds is 4. The first-order valence-corrected chi connectivity index (χ1v) is 8.06. The first-order chi connectivity index (χ1) is 9.54. The molecule has 0 heterocycles. The standard InChI is InChI=1S/C19H27N/c1-12-5-6-13(2)18(9-12)14(3)20-15(4)19-11-16-7-8-17(19)10-16/h5-9,14-17,19-20H,10-11H2,1-4H3. The second-order valence-corrected chi connectivity index (χ2v) is 6.98. The van der Waals surface area contributed by atoms with Crippen LogP contribution in [-0.2, 0) is 0 Å². The summed E-state index contributed by atoms with van der Waals surface area (Å²) in [6.07, 6.45) is 7.67. The molecule has 0 amide bonds. The van der Waals surface area contributed by atoms with Crippen LogP contribution in [0.3, 0.4) is 0 Å². The number of nitrogens with one attached hydrogen (secondary N) is 1. The minimum Gasteiger partial charge on any atom is -0.307 e. The van der Waals surface area contributed by atoms with E-state index in [9.17, 15) is 0 Å². The molecule has 108 valence electrons. The van der Waals surface area contributed by atoms with Crippen LogP contribution in [0.2, 0.25) is 0 Å². The lowest BCUT2D eigenvalue weighted by molar-refractivity contribution is 0.307. The van der Waals surface area contributed by atoms with Crippen molar-refractivity contribution >= 4 is 0 Å². The van der Waals surface area contributed by atoms with E-state index in [0.29, 0.717) is 12.1 Å². The highest BCUT2D eigenvalue weighted by molar-refractivity contribution is 5.32. The van der Waals surface area contributed by atoms with Crippen LogP contribution < -0.4 is 5.32 Å². The van der Waals surface area contributed by atoms with Gasteiger partial charge in [0.15, 0.2) is 0 Å². The Bertz CT molecular complexity index is 516. The van der Waals surface area contributed by atoms with E-state index in [0.717, 1.165) is 17.8 Å². The number of hydrogen-bond acceptors (Lipinski definition) is 1. The Morgan fingerprint density at radius 1 is 1.10 bits per heavy atom. The van der Waals surface area contributed by atoms with Crippen LogP contribution in [0.4, 0.5) is 0 Å². The average Bonchev–Trinajstić information content (AvgIpc) is 3.03. The third-order valence-electron chi connectivity index (χ3n) is 5.39. The Balaban J connectivity index is 1.68. The molecular formula is C19H27N. The number of fused-ring (bicyclic) bond motifs is 2. The Labute approximate surface area is 123 Å². The summed E-state index contributed by atoms with van der Waals surface area (Å²) < 4.78 is 0. The minimum absolute atomic E-state index is 0.438. The molecule has 1 aromatic rings. The summed E-state index contributed by atoms with van der Waals surface area (Å²) in [6.45, 7) is 9.08. The molecule has 0 radical (unpaired) electrons. The monoisotopic (exact) mass is 269 g/mol. The van der Waals surface area contributed by atoms with E-state index in [-0.39, 0.29) is 0 Å². The number of allylic oxidation sites excluding steroid dienone is 2. The maximum atomic E-state index is 3.86. The van der Waals surface area contributed by atoms with Gasteiger partial charge in [-0.05, 0) is 69.4 Å². The second kappa shape index (κ2) is 5.37. The summed E-state index contributed by atoms with van der Waals surface area (Å²) in [6, 6.07) is 7.82. The third kappa shape index (κ3) is 2.56. The lowest BCUT2D eigenvalue weighted by Gasteiger charge is -2.30. The van der Waals surface area contributed by atoms with Gasteiger partial charge >= 0.3 is 0 Å². The lowest BCUT2D eigenvalue weighted by atomic mass is 9.87. The van der Waals surface area contributed by atoms with E-state index >= 15 is 0 Å². The summed E-state index contributed by atoms with van der Waals surface area (Å²) in [5.74, 6) is 2.52. The molecule has 0 spiro atoms. The molecule has 20 heavy (non-hydrogen) atoms. The van der Waals surface area contributed by atoms with Crippen molar-refractivity contribution in [2.45, 2.75) is 52.6 Å². The molecule has 1 saturated carbocycles. The van der Waals surface area contributed by atoms with Crippen LogP contribution in [0.25, 0.3) is 0 Å². The quantitative estimate of drug-likeness (QED) is 0.790. The van der Waals surface area contributed by atoms with E-state index in [1.54, 1.807) is 0 Å². The molecule has 3 rings (SSSR count). The van der Waals surface area contributed by atoms with Gasteiger partial charge in [0.1, 0.15) is 0 Å². The zero-order chi connectivity index (χ0) is 14.3. The molecule has 5 unspecified atom stereocenters. The number of benzene rings is 1. The maximum Gasteiger partial charge on any atom is 0.0297 e. The van der Waals surface area contributed by atoms with Gasteiger partial charge in [-0.1, -0.05) is 35.9 Å². The fourth-order valence-corrected chi connectivity index (χ4v) is 4.23. The maximum absolute atomic E-state index is 3.86. The fourth-order valence-electron chi connectivity index (χ4n) is 4.23. The molecule has 0 aromatic heterocycles. The summed E-state index contributed by atoms with van der Waals surface area (Å²) >= 11 is 0.